The van der Waals surface area contributed by atoms with Crippen LogP contribution in [0.4, 0.5) is 0 Å². The third-order valence-corrected chi connectivity index (χ3v) is 19.5. The molecule has 0 amide bonds. The van der Waals surface area contributed by atoms with Gasteiger partial charge in [0.15, 0.2) is 34.9 Å². The molecule has 0 bridgehead atoms. The number of rotatable bonds is 24. The molecular formula is C94H96N6O6. The molecular weight excluding hydrogens is 1310 g/mol. The lowest BCUT2D eigenvalue weighted by Crippen LogP contribution is -2.11. The van der Waals surface area contributed by atoms with E-state index in [0.29, 0.717) is 99.3 Å². The van der Waals surface area contributed by atoms with E-state index in [1.54, 1.807) is 14.2 Å². The highest BCUT2D eigenvalue weighted by Crippen LogP contribution is 2.50. The summed E-state index contributed by atoms with van der Waals surface area (Å²) in [5, 5.41) is 4.07. The molecule has 11 aromatic carbocycles. The second kappa shape index (κ2) is 31.6. The molecule has 0 aliphatic carbocycles. The summed E-state index contributed by atoms with van der Waals surface area (Å²) in [7, 11) is 3.35. The first kappa shape index (κ1) is 73.7. The Labute approximate surface area is 625 Å². The molecule has 2 aromatic heterocycles. The van der Waals surface area contributed by atoms with Gasteiger partial charge in [-0.05, 0) is 134 Å². The highest BCUT2D eigenvalue weighted by molar-refractivity contribution is 6.24. The van der Waals surface area contributed by atoms with E-state index in [2.05, 4.69) is 314 Å². The Morgan fingerprint density at radius 2 is 0.472 bits per heavy atom. The van der Waals surface area contributed by atoms with Crippen LogP contribution < -0.4 is 9.47 Å². The van der Waals surface area contributed by atoms with Crippen molar-refractivity contribution in [3.05, 3.63) is 253 Å². The summed E-state index contributed by atoms with van der Waals surface area (Å²) in [4.78, 5) is 31.1. The van der Waals surface area contributed by atoms with Crippen molar-refractivity contribution in [1.29, 1.82) is 0 Å². The van der Waals surface area contributed by atoms with Crippen LogP contribution in [-0.2, 0) is 40.6 Å². The number of nitrogens with zero attached hydrogens (tertiary/aromatic N) is 6. The van der Waals surface area contributed by atoms with E-state index < -0.39 is 0 Å². The summed E-state index contributed by atoms with van der Waals surface area (Å²) >= 11 is 0. The molecule has 0 aliphatic heterocycles. The van der Waals surface area contributed by atoms with Crippen molar-refractivity contribution in [3.63, 3.8) is 0 Å². The maximum Gasteiger partial charge on any atom is 0.164 e. The quantitative estimate of drug-likeness (QED) is 0.0421. The van der Waals surface area contributed by atoms with Crippen molar-refractivity contribution in [2.45, 2.75) is 105 Å². The smallest absolute Gasteiger partial charge is 0.164 e. The van der Waals surface area contributed by atoms with Gasteiger partial charge in [0.25, 0.3) is 0 Å². The maximum atomic E-state index is 6.62. The van der Waals surface area contributed by atoms with Gasteiger partial charge in [-0.15, -0.1) is 0 Å². The summed E-state index contributed by atoms with van der Waals surface area (Å²) in [6.45, 7) is 30.2. The molecule has 12 heteroatoms. The minimum Gasteiger partial charge on any atom is -0.491 e. The minimum absolute atomic E-state index is 0.0103. The summed E-state index contributed by atoms with van der Waals surface area (Å²) in [5.41, 5.74) is 18.6. The van der Waals surface area contributed by atoms with Gasteiger partial charge in [-0.1, -0.05) is 289 Å². The second-order valence-corrected chi connectivity index (χ2v) is 31.2. The van der Waals surface area contributed by atoms with Crippen LogP contribution in [-0.4, -0.2) is 97.0 Å². The van der Waals surface area contributed by atoms with E-state index >= 15 is 0 Å². The molecule has 538 valence electrons. The van der Waals surface area contributed by atoms with Crippen LogP contribution in [0.25, 0.3) is 134 Å². The van der Waals surface area contributed by atoms with Crippen molar-refractivity contribution in [3.8, 4) is 124 Å². The molecule has 0 atom stereocenters. The molecule has 0 N–H and O–H groups in total. The Balaban J connectivity index is 0.941. The molecule has 0 aliphatic rings. The van der Waals surface area contributed by atoms with Crippen LogP contribution in [0.5, 0.6) is 11.5 Å². The average molecular weight is 1410 g/mol. The topological polar surface area (TPSA) is 133 Å². The van der Waals surface area contributed by atoms with E-state index in [-0.39, 0.29) is 21.7 Å². The van der Waals surface area contributed by atoms with E-state index in [0.717, 1.165) is 99.4 Å². The van der Waals surface area contributed by atoms with Gasteiger partial charge in [-0.2, -0.15) is 0 Å². The van der Waals surface area contributed by atoms with Gasteiger partial charge in [0.1, 0.15) is 24.7 Å². The lowest BCUT2D eigenvalue weighted by Gasteiger charge is -2.22. The van der Waals surface area contributed by atoms with Crippen molar-refractivity contribution < 1.29 is 28.4 Å². The van der Waals surface area contributed by atoms with Crippen molar-refractivity contribution in [2.75, 3.05) is 67.1 Å². The predicted molar refractivity (Wildman–Crippen MR) is 434 cm³/mol. The molecule has 0 saturated heterocycles. The Bertz CT molecular complexity index is 4720. The Hall–Kier alpha value is -10.6. The fourth-order valence-corrected chi connectivity index (χ4v) is 13.4. The number of fused-ring (bicyclic) bond motifs is 2. The number of benzene rings is 11. The SMILES string of the molecule is COCCOCCOc1ccc2c(-c3ccccc3-c3ccc(-c4nc(-c5ccc(C(C)(C)C)cc5)nc(-c5ccc(C(C)(C)C)cc5)n4)cc3)c3cc(OCCOCCOC)ccc3c(-c3ccccc3-c3ccc(-c4nc(-c5ccc(C(C)(C)C)cc5)nc(-c5ccc(C(C)(C)C)cc5)n4)cc3)c2c1. The van der Waals surface area contributed by atoms with E-state index in [1.807, 2.05) is 0 Å². The van der Waals surface area contributed by atoms with Gasteiger partial charge in [0.05, 0.1) is 39.6 Å². The molecule has 12 nitrogen and oxygen atoms in total. The van der Waals surface area contributed by atoms with Crippen LogP contribution >= 0.6 is 0 Å². The van der Waals surface area contributed by atoms with Crippen molar-refractivity contribution in [1.82, 2.24) is 29.9 Å². The zero-order valence-electron chi connectivity index (χ0n) is 63.7. The van der Waals surface area contributed by atoms with Crippen molar-refractivity contribution >= 4 is 21.5 Å². The number of methoxy groups -OCH3 is 2. The number of hydrogen-bond acceptors (Lipinski definition) is 12. The largest absolute Gasteiger partial charge is 0.491 e. The van der Waals surface area contributed by atoms with Crippen LogP contribution in [0.3, 0.4) is 0 Å². The van der Waals surface area contributed by atoms with Gasteiger partial charge in [0.2, 0.25) is 0 Å². The molecule has 13 rings (SSSR count). The third kappa shape index (κ3) is 16.9. The zero-order chi connectivity index (χ0) is 74.3. The lowest BCUT2D eigenvalue weighted by molar-refractivity contribution is 0.0544. The van der Waals surface area contributed by atoms with Gasteiger partial charge in [-0.25, -0.2) is 29.9 Å². The fraction of sp³-hybridized carbons (Fsp3) is 0.277. The molecule has 0 spiro atoms. The average Bonchev–Trinajstić information content (AvgIpc) is 0.720. The van der Waals surface area contributed by atoms with E-state index in [1.165, 1.54) is 22.3 Å². The van der Waals surface area contributed by atoms with Crippen LogP contribution in [0.15, 0.2) is 231 Å². The summed E-state index contributed by atoms with van der Waals surface area (Å²) in [6, 6.07) is 82.0. The number of aromatic nitrogens is 6. The monoisotopic (exact) mass is 1400 g/mol. The molecule has 2 heterocycles. The Morgan fingerprint density at radius 1 is 0.236 bits per heavy atom. The van der Waals surface area contributed by atoms with Gasteiger partial charge in [-0.3, -0.25) is 0 Å². The third-order valence-electron chi connectivity index (χ3n) is 19.5. The molecule has 13 aromatic rings. The summed E-state index contributed by atoms with van der Waals surface area (Å²) in [6.07, 6.45) is 0. The molecule has 106 heavy (non-hydrogen) atoms. The van der Waals surface area contributed by atoms with Crippen LogP contribution in [0.1, 0.15) is 105 Å². The first-order chi connectivity index (χ1) is 51.0. The van der Waals surface area contributed by atoms with Crippen LogP contribution in [0, 0.1) is 0 Å². The first-order valence-corrected chi connectivity index (χ1v) is 36.8. The molecule has 0 saturated carbocycles. The highest BCUT2D eigenvalue weighted by atomic mass is 16.5. The molecule has 0 unspecified atom stereocenters. The fourth-order valence-electron chi connectivity index (χ4n) is 13.4. The Kier molecular flexibility index (Phi) is 22.0. The van der Waals surface area contributed by atoms with Gasteiger partial charge < -0.3 is 28.4 Å². The number of hydrogen-bond donors (Lipinski definition) is 0. The normalized spacial score (nSPS) is 12.1. The summed E-state index contributed by atoms with van der Waals surface area (Å²) in [5.74, 6) is 5.05. The first-order valence-electron chi connectivity index (χ1n) is 36.8. The van der Waals surface area contributed by atoms with E-state index in [4.69, 9.17) is 58.3 Å². The highest BCUT2D eigenvalue weighted by Gasteiger charge is 2.26. The second-order valence-electron chi connectivity index (χ2n) is 31.2. The van der Waals surface area contributed by atoms with Gasteiger partial charge in [0, 0.05) is 47.6 Å². The molecule has 0 fully saturated rings. The van der Waals surface area contributed by atoms with Gasteiger partial charge >= 0.3 is 0 Å². The van der Waals surface area contributed by atoms with Crippen LogP contribution in [0.2, 0.25) is 0 Å². The summed E-state index contributed by atoms with van der Waals surface area (Å²) < 4.78 is 35.7. The predicted octanol–water partition coefficient (Wildman–Crippen LogP) is 22.3. The Morgan fingerprint density at radius 3 is 0.726 bits per heavy atom. The lowest BCUT2D eigenvalue weighted by atomic mass is 9.82. The number of ether oxygens (including phenoxy) is 6. The maximum absolute atomic E-state index is 6.62. The molecule has 0 radical (unpaired) electrons. The van der Waals surface area contributed by atoms with Crippen molar-refractivity contribution in [2.24, 2.45) is 0 Å². The zero-order valence-corrected chi connectivity index (χ0v) is 63.7. The standard InChI is InChI=1S/C94H96N6O6/c1-91(2,3)69-39-31-65(32-40-69)87-95-85(96-88(99-87)66-33-41-70(42-34-66)92(4,5)6)63-27-23-61(24-28-63)75-19-15-17-21-77(75)83-79-49-47-74(106-58-56-104-54-52-102-14)60-82(79)84(80-50-48-73(59-81(80)83)105-57-55-103-53-51-101-13)78-22-18-16-20-76(78)62-25-29-64(30-26-62)86-97-89(67-35-43-71(44-36-67)93(7,8)9)100-90(98-86)68-37-45-72(46-38-68)94(10,11)12/h15-50,59-60H,51-58H2,1-14H3. The van der Waals surface area contributed by atoms with E-state index in [9.17, 15) is 0 Å². The minimum atomic E-state index is -0.0103.